The van der Waals surface area contributed by atoms with Gasteiger partial charge in [0.15, 0.2) is 0 Å². The van der Waals surface area contributed by atoms with Gasteiger partial charge in [-0.15, -0.1) is 11.3 Å². The first-order valence-electron chi connectivity index (χ1n) is 23.5. The summed E-state index contributed by atoms with van der Waals surface area (Å²) in [6.45, 7) is 18.1. The molecule has 4 aromatic rings. The van der Waals surface area contributed by atoms with Crippen molar-refractivity contribution in [3.63, 3.8) is 0 Å². The monoisotopic (exact) mass is 936 g/mol. The van der Waals surface area contributed by atoms with Crippen LogP contribution in [0.3, 0.4) is 0 Å². The van der Waals surface area contributed by atoms with Crippen LogP contribution >= 0.6 is 11.3 Å². The Kier molecular flexibility index (Phi) is 17.0. The third kappa shape index (κ3) is 11.9. The number of carbonyl (C=O) groups is 5. The van der Waals surface area contributed by atoms with Crippen LogP contribution in [0.2, 0.25) is 0 Å². The van der Waals surface area contributed by atoms with Gasteiger partial charge >= 0.3 is 5.97 Å². The number of aryl methyl sites for hydroxylation is 1. The van der Waals surface area contributed by atoms with Crippen molar-refractivity contribution >= 4 is 51.8 Å². The number of aromatic nitrogens is 3. The molecule has 1 aromatic carbocycles. The van der Waals surface area contributed by atoms with Gasteiger partial charge in [-0.1, -0.05) is 39.7 Å². The van der Waals surface area contributed by atoms with Gasteiger partial charge in [0.25, 0.3) is 11.8 Å². The summed E-state index contributed by atoms with van der Waals surface area (Å²) in [4.78, 5) is 79.8. The van der Waals surface area contributed by atoms with E-state index in [1.54, 1.807) is 37.2 Å². The number of benzene rings is 1. The summed E-state index contributed by atoms with van der Waals surface area (Å²) in [7, 11) is 3.35. The van der Waals surface area contributed by atoms with Crippen LogP contribution in [-0.2, 0) is 52.8 Å². The Balaban J connectivity index is 1.31. The van der Waals surface area contributed by atoms with Crippen molar-refractivity contribution in [1.29, 1.82) is 0 Å². The van der Waals surface area contributed by atoms with E-state index in [2.05, 4.69) is 72.2 Å². The zero-order valence-corrected chi connectivity index (χ0v) is 41.7. The number of amides is 4. The summed E-state index contributed by atoms with van der Waals surface area (Å²) in [5, 5.41) is 8.40. The Morgan fingerprint density at radius 1 is 1.12 bits per heavy atom. The maximum Gasteiger partial charge on any atom is 0.302 e. The highest BCUT2D eigenvalue weighted by molar-refractivity contribution is 7.10. The Hall–Kier alpha value is -5.63. The fourth-order valence-electron chi connectivity index (χ4n) is 9.28. The molecule has 67 heavy (non-hydrogen) atoms. The molecule has 2 aliphatic rings. The molecule has 2 fully saturated rings. The highest BCUT2D eigenvalue weighted by atomic mass is 32.1. The molecule has 4 unspecified atom stereocenters. The van der Waals surface area contributed by atoms with Crippen molar-refractivity contribution in [1.82, 2.24) is 40.1 Å². The zero-order valence-electron chi connectivity index (χ0n) is 40.9. The van der Waals surface area contributed by atoms with Crippen LogP contribution in [0.25, 0.3) is 33.4 Å². The fraction of sp³-hybridized carbons (Fsp3) is 0.549. The molecule has 3 aromatic heterocycles. The van der Waals surface area contributed by atoms with Crippen LogP contribution < -0.4 is 10.7 Å². The van der Waals surface area contributed by atoms with Gasteiger partial charge in [-0.3, -0.25) is 34.0 Å². The lowest BCUT2D eigenvalue weighted by Crippen LogP contribution is -2.59. The minimum Gasteiger partial charge on any atom is -0.465 e. The van der Waals surface area contributed by atoms with Gasteiger partial charge in [0.2, 0.25) is 11.8 Å². The molecule has 2 saturated heterocycles. The number of ether oxygens (including phenoxy) is 2. The number of likely N-dealkylation sites (tertiary alicyclic amines) is 1. The first-order valence-corrected chi connectivity index (χ1v) is 24.4. The maximum atomic E-state index is 14.4. The number of thiazole rings is 1. The molecule has 360 valence electrons. The smallest absolute Gasteiger partial charge is 0.302 e. The molecule has 16 heteroatoms. The highest BCUT2D eigenvalue weighted by Crippen LogP contribution is 2.42. The Labute approximate surface area is 399 Å². The van der Waals surface area contributed by atoms with Crippen LogP contribution in [-0.4, -0.2) is 118 Å². The first kappa shape index (κ1) is 50.8. The molecule has 0 radical (unpaired) electrons. The molecular weight excluding hydrogens is 869 g/mol. The summed E-state index contributed by atoms with van der Waals surface area (Å²) in [6.07, 6.45) is 5.10. The molecule has 4 amide bonds. The van der Waals surface area contributed by atoms with E-state index >= 15 is 0 Å². The third-order valence-electron chi connectivity index (χ3n) is 12.8. The summed E-state index contributed by atoms with van der Waals surface area (Å²) in [5.74, 6) is 3.21. The second-order valence-corrected chi connectivity index (χ2v) is 19.8. The lowest BCUT2D eigenvalue weighted by molar-refractivity contribution is -0.144. The van der Waals surface area contributed by atoms with Crippen molar-refractivity contribution in [3.05, 3.63) is 58.2 Å². The van der Waals surface area contributed by atoms with Crippen LogP contribution in [0.1, 0.15) is 103 Å². The Morgan fingerprint density at radius 3 is 2.57 bits per heavy atom. The first-order chi connectivity index (χ1) is 32.0. The fourth-order valence-corrected chi connectivity index (χ4v) is 10.1. The molecule has 2 N–H and O–H groups in total. The van der Waals surface area contributed by atoms with E-state index in [4.69, 9.17) is 19.4 Å². The normalized spacial score (nSPS) is 16.7. The van der Waals surface area contributed by atoms with Gasteiger partial charge in [-0.2, -0.15) is 0 Å². The number of esters is 1. The van der Waals surface area contributed by atoms with E-state index in [1.165, 1.54) is 23.2 Å². The zero-order chi connectivity index (χ0) is 48.6. The van der Waals surface area contributed by atoms with Gasteiger partial charge in [-0.05, 0) is 94.5 Å². The van der Waals surface area contributed by atoms with Crippen LogP contribution in [0.5, 0.6) is 0 Å². The molecule has 6 rings (SSSR count). The van der Waals surface area contributed by atoms with Gasteiger partial charge in [0.1, 0.15) is 12.1 Å². The second kappa shape index (κ2) is 22.4. The number of nitrogens with zero attached hydrogens (tertiary/aromatic N) is 6. The molecular formula is C51H68N8O7S. The minimum atomic E-state index is -0.941. The highest BCUT2D eigenvalue weighted by Gasteiger charge is 2.42. The second-order valence-electron chi connectivity index (χ2n) is 18.8. The minimum absolute atomic E-state index is 0.124. The standard InChI is InChI=1S/C51H68N8O7S/c1-11-16-44(61)56(9)25-20-35-21-26-58(49(35)63)46(32(3)4)48(62)55-40(50(64)59-24-14-13-23-53-59)28-43-54-41(30-67-43)36-18-19-42-38(27-36)39(29-51(7,8)31-66-34(6)60)47(57(42)12-2)37-17-15-22-52-45(37)33(5)65-10/h15,17-19,22,27,30,32-33,35,40,46,53H,12-14,20-21,23-26,28-29,31H2,1-10H3,(H,55,62). The van der Waals surface area contributed by atoms with Crippen molar-refractivity contribution in [2.45, 2.75) is 119 Å². The van der Waals surface area contributed by atoms with Gasteiger partial charge < -0.3 is 29.2 Å². The predicted molar refractivity (Wildman–Crippen MR) is 260 cm³/mol. The number of fused-ring (bicyclic) bond motifs is 1. The van der Waals surface area contributed by atoms with Crippen LogP contribution in [0.15, 0.2) is 41.9 Å². The Morgan fingerprint density at radius 2 is 1.90 bits per heavy atom. The average molecular weight is 937 g/mol. The molecule has 0 saturated carbocycles. The van der Waals surface area contributed by atoms with Gasteiger partial charge in [-0.25, -0.2) is 10.4 Å². The van der Waals surface area contributed by atoms with E-state index in [9.17, 15) is 24.0 Å². The van der Waals surface area contributed by atoms with Crippen molar-refractivity contribution < 1.29 is 33.4 Å². The van der Waals surface area contributed by atoms with Crippen LogP contribution in [0, 0.1) is 29.1 Å². The molecule has 5 heterocycles. The number of hydrazine groups is 1. The van der Waals surface area contributed by atoms with Crippen molar-refractivity contribution in [3.8, 4) is 34.4 Å². The number of hydrogen-bond donors (Lipinski definition) is 2. The van der Waals surface area contributed by atoms with E-state index in [1.807, 2.05) is 32.2 Å². The van der Waals surface area contributed by atoms with Crippen LogP contribution in [0.4, 0.5) is 0 Å². The van der Waals surface area contributed by atoms with E-state index < -0.39 is 17.5 Å². The summed E-state index contributed by atoms with van der Waals surface area (Å²) < 4.78 is 13.7. The van der Waals surface area contributed by atoms with Crippen molar-refractivity contribution in [2.24, 2.45) is 17.3 Å². The quantitative estimate of drug-likeness (QED) is 0.0774. The number of pyridine rings is 1. The van der Waals surface area contributed by atoms with Gasteiger partial charge in [0.05, 0.1) is 34.8 Å². The van der Waals surface area contributed by atoms with E-state index in [0.29, 0.717) is 57.0 Å². The van der Waals surface area contributed by atoms with E-state index in [0.717, 1.165) is 57.5 Å². The molecule has 0 aliphatic carbocycles. The lowest BCUT2D eigenvalue weighted by atomic mass is 9.84. The van der Waals surface area contributed by atoms with Gasteiger partial charge in [0, 0.05) is 105 Å². The molecule has 4 atom stereocenters. The molecule has 15 nitrogen and oxygen atoms in total. The SMILES string of the molecule is CC#CC(=O)N(C)CCC1CCN(C(C(=O)NC(Cc2nc(-c3ccc4c(c3)c(CC(C)(C)COC(C)=O)c(-c3cccnc3C(C)OC)n4CC)cs2)C(=O)N2CCCCN2)C(C)C)C1=O. The third-order valence-corrected chi connectivity index (χ3v) is 13.7. The molecule has 0 spiro atoms. The number of carbonyl (C=O) groups excluding carboxylic acids is 5. The number of methoxy groups -OCH3 is 1. The maximum absolute atomic E-state index is 14.4. The topological polar surface area (TPSA) is 168 Å². The van der Waals surface area contributed by atoms with E-state index in [-0.39, 0.29) is 60.6 Å². The number of rotatable bonds is 19. The Bertz CT molecular complexity index is 2500. The number of nitrogens with one attached hydrogen (secondary N) is 2. The number of hydrogen-bond acceptors (Lipinski definition) is 11. The molecule has 2 aliphatic heterocycles. The summed E-state index contributed by atoms with van der Waals surface area (Å²) in [6, 6.07) is 8.66. The summed E-state index contributed by atoms with van der Waals surface area (Å²) in [5.41, 5.74) is 9.41. The summed E-state index contributed by atoms with van der Waals surface area (Å²) >= 11 is 1.43. The predicted octanol–water partition coefficient (Wildman–Crippen LogP) is 6.59. The average Bonchev–Trinajstić information content (AvgIpc) is 4.01. The largest absolute Gasteiger partial charge is 0.465 e. The lowest BCUT2D eigenvalue weighted by Gasteiger charge is -2.34. The van der Waals surface area contributed by atoms with Crippen molar-refractivity contribution in [2.75, 3.05) is 46.9 Å². The molecule has 0 bridgehead atoms.